The molecule has 1 aromatic rings. The number of hydrogen-bond acceptors (Lipinski definition) is 1. The summed E-state index contributed by atoms with van der Waals surface area (Å²) in [7, 11) is 0. The molecule has 1 rings (SSSR count). The standard InChI is InChI=1S/C12H17F2N/c1-4-15-7-9(3)10-6-11(13)8(2)5-12(10)14/h5-6,9,15H,4,7H2,1-3H3. The average Bonchev–Trinajstić information content (AvgIpc) is 2.20. The molecule has 0 saturated heterocycles. The third-order valence-electron chi connectivity index (χ3n) is 2.51. The van der Waals surface area contributed by atoms with E-state index in [9.17, 15) is 8.78 Å². The first-order chi connectivity index (χ1) is 7.06. The van der Waals surface area contributed by atoms with Crippen molar-refractivity contribution in [2.75, 3.05) is 13.1 Å². The highest BCUT2D eigenvalue weighted by Gasteiger charge is 2.13. The second kappa shape index (κ2) is 5.21. The van der Waals surface area contributed by atoms with E-state index in [0.717, 1.165) is 6.54 Å². The Morgan fingerprint density at radius 2 is 1.93 bits per heavy atom. The summed E-state index contributed by atoms with van der Waals surface area (Å²) in [6, 6.07) is 2.56. The van der Waals surface area contributed by atoms with E-state index in [-0.39, 0.29) is 17.6 Å². The summed E-state index contributed by atoms with van der Waals surface area (Å²) in [6.07, 6.45) is 0. The molecule has 0 saturated carbocycles. The van der Waals surface area contributed by atoms with Crippen molar-refractivity contribution in [3.63, 3.8) is 0 Å². The normalized spacial score (nSPS) is 12.9. The first-order valence-electron chi connectivity index (χ1n) is 5.22. The van der Waals surface area contributed by atoms with Gasteiger partial charge in [-0.1, -0.05) is 13.8 Å². The van der Waals surface area contributed by atoms with E-state index in [0.29, 0.717) is 17.7 Å². The predicted molar refractivity (Wildman–Crippen MR) is 58.1 cm³/mol. The molecule has 0 aliphatic rings. The Kier molecular flexibility index (Phi) is 4.21. The Hall–Kier alpha value is -0.960. The molecule has 0 heterocycles. The second-order valence-corrected chi connectivity index (χ2v) is 3.83. The quantitative estimate of drug-likeness (QED) is 0.810. The molecule has 1 nitrogen and oxygen atoms in total. The highest BCUT2D eigenvalue weighted by Crippen LogP contribution is 2.21. The zero-order valence-corrected chi connectivity index (χ0v) is 9.40. The number of halogens is 2. The second-order valence-electron chi connectivity index (χ2n) is 3.83. The molecule has 0 fully saturated rings. The minimum absolute atomic E-state index is 0.0138. The van der Waals surface area contributed by atoms with Crippen LogP contribution in [0.3, 0.4) is 0 Å². The van der Waals surface area contributed by atoms with Crippen LogP contribution < -0.4 is 5.32 Å². The van der Waals surface area contributed by atoms with Crippen molar-refractivity contribution >= 4 is 0 Å². The lowest BCUT2D eigenvalue weighted by Crippen LogP contribution is -2.20. The Morgan fingerprint density at radius 3 is 2.53 bits per heavy atom. The fourth-order valence-corrected chi connectivity index (χ4v) is 1.51. The van der Waals surface area contributed by atoms with Gasteiger partial charge in [-0.15, -0.1) is 0 Å². The van der Waals surface area contributed by atoms with Crippen LogP contribution in [0, 0.1) is 18.6 Å². The van der Waals surface area contributed by atoms with Crippen LogP contribution in [0.2, 0.25) is 0 Å². The Labute approximate surface area is 89.5 Å². The molecule has 0 aromatic heterocycles. The van der Waals surface area contributed by atoms with Crippen LogP contribution in [0.25, 0.3) is 0 Å². The number of aryl methyl sites for hydroxylation is 1. The predicted octanol–water partition coefficient (Wildman–Crippen LogP) is 2.99. The molecule has 0 radical (unpaired) electrons. The van der Waals surface area contributed by atoms with Gasteiger partial charge in [-0.2, -0.15) is 0 Å². The monoisotopic (exact) mass is 213 g/mol. The van der Waals surface area contributed by atoms with Gasteiger partial charge in [0.15, 0.2) is 0 Å². The van der Waals surface area contributed by atoms with E-state index in [4.69, 9.17) is 0 Å². The lowest BCUT2D eigenvalue weighted by atomic mass is 9.99. The van der Waals surface area contributed by atoms with Crippen LogP contribution >= 0.6 is 0 Å². The molecular weight excluding hydrogens is 196 g/mol. The number of rotatable bonds is 4. The molecule has 1 atom stereocenters. The van der Waals surface area contributed by atoms with Gasteiger partial charge in [0.25, 0.3) is 0 Å². The van der Waals surface area contributed by atoms with Crippen molar-refractivity contribution < 1.29 is 8.78 Å². The van der Waals surface area contributed by atoms with E-state index in [1.807, 2.05) is 13.8 Å². The molecular formula is C12H17F2N. The van der Waals surface area contributed by atoms with Gasteiger partial charge in [-0.3, -0.25) is 0 Å². The van der Waals surface area contributed by atoms with Gasteiger partial charge < -0.3 is 5.32 Å². The first kappa shape index (κ1) is 12.1. The third-order valence-corrected chi connectivity index (χ3v) is 2.51. The van der Waals surface area contributed by atoms with Crippen LogP contribution in [-0.4, -0.2) is 13.1 Å². The zero-order chi connectivity index (χ0) is 11.4. The first-order valence-corrected chi connectivity index (χ1v) is 5.22. The number of benzene rings is 1. The summed E-state index contributed by atoms with van der Waals surface area (Å²) in [4.78, 5) is 0. The average molecular weight is 213 g/mol. The van der Waals surface area contributed by atoms with Gasteiger partial charge in [0.1, 0.15) is 11.6 Å². The Bertz CT molecular complexity index is 337. The largest absolute Gasteiger partial charge is 0.316 e. The highest BCUT2D eigenvalue weighted by molar-refractivity contribution is 5.27. The topological polar surface area (TPSA) is 12.0 Å². The number of likely N-dealkylation sites (N-methyl/N-ethyl adjacent to an activating group) is 1. The Morgan fingerprint density at radius 1 is 1.27 bits per heavy atom. The summed E-state index contributed by atoms with van der Waals surface area (Å²) in [6.45, 7) is 6.93. The molecule has 15 heavy (non-hydrogen) atoms. The lowest BCUT2D eigenvalue weighted by molar-refractivity contribution is 0.548. The van der Waals surface area contributed by atoms with Crippen molar-refractivity contribution in [1.82, 2.24) is 5.32 Å². The molecule has 0 aliphatic carbocycles. The number of nitrogens with one attached hydrogen (secondary N) is 1. The minimum atomic E-state index is -0.338. The fourth-order valence-electron chi connectivity index (χ4n) is 1.51. The SMILES string of the molecule is CCNCC(C)c1cc(F)c(C)cc1F. The van der Waals surface area contributed by atoms with Crippen LogP contribution in [0.15, 0.2) is 12.1 Å². The van der Waals surface area contributed by atoms with Gasteiger partial charge >= 0.3 is 0 Å². The molecule has 0 amide bonds. The van der Waals surface area contributed by atoms with Crippen molar-refractivity contribution in [3.05, 3.63) is 34.9 Å². The number of hydrogen-bond donors (Lipinski definition) is 1. The highest BCUT2D eigenvalue weighted by atomic mass is 19.1. The van der Waals surface area contributed by atoms with E-state index >= 15 is 0 Å². The van der Waals surface area contributed by atoms with E-state index in [2.05, 4.69) is 5.32 Å². The molecule has 1 aromatic carbocycles. The van der Waals surface area contributed by atoms with Crippen LogP contribution in [0.4, 0.5) is 8.78 Å². The molecule has 0 aliphatic heterocycles. The molecule has 0 spiro atoms. The Balaban J connectivity index is 2.88. The summed E-state index contributed by atoms with van der Waals surface area (Å²) < 4.78 is 26.8. The van der Waals surface area contributed by atoms with E-state index < -0.39 is 0 Å². The summed E-state index contributed by atoms with van der Waals surface area (Å²) in [5, 5.41) is 3.12. The summed E-state index contributed by atoms with van der Waals surface area (Å²) >= 11 is 0. The molecule has 1 unspecified atom stereocenters. The van der Waals surface area contributed by atoms with Gasteiger partial charge in [0.05, 0.1) is 0 Å². The zero-order valence-electron chi connectivity index (χ0n) is 9.40. The third kappa shape index (κ3) is 2.99. The van der Waals surface area contributed by atoms with Crippen molar-refractivity contribution in [1.29, 1.82) is 0 Å². The van der Waals surface area contributed by atoms with Gasteiger partial charge in [0.2, 0.25) is 0 Å². The lowest BCUT2D eigenvalue weighted by Gasteiger charge is -2.14. The minimum Gasteiger partial charge on any atom is -0.316 e. The maximum atomic E-state index is 13.5. The smallest absolute Gasteiger partial charge is 0.127 e. The van der Waals surface area contributed by atoms with Crippen molar-refractivity contribution in [2.24, 2.45) is 0 Å². The molecule has 3 heteroatoms. The van der Waals surface area contributed by atoms with Gasteiger partial charge in [-0.25, -0.2) is 8.78 Å². The van der Waals surface area contributed by atoms with Crippen LogP contribution in [-0.2, 0) is 0 Å². The molecule has 0 bridgehead atoms. The molecule has 84 valence electrons. The van der Waals surface area contributed by atoms with Crippen molar-refractivity contribution in [2.45, 2.75) is 26.7 Å². The fraction of sp³-hybridized carbons (Fsp3) is 0.500. The molecule has 1 N–H and O–H groups in total. The van der Waals surface area contributed by atoms with Gasteiger partial charge in [0, 0.05) is 6.54 Å². The summed E-state index contributed by atoms with van der Waals surface area (Å²) in [5.74, 6) is -0.672. The maximum Gasteiger partial charge on any atom is 0.127 e. The van der Waals surface area contributed by atoms with Gasteiger partial charge in [-0.05, 0) is 42.6 Å². The van der Waals surface area contributed by atoms with Crippen molar-refractivity contribution in [3.8, 4) is 0 Å². The maximum absolute atomic E-state index is 13.5. The van der Waals surface area contributed by atoms with Crippen LogP contribution in [0.5, 0.6) is 0 Å². The summed E-state index contributed by atoms with van der Waals surface area (Å²) in [5.41, 5.74) is 0.797. The van der Waals surface area contributed by atoms with Crippen LogP contribution in [0.1, 0.15) is 30.9 Å². The van der Waals surface area contributed by atoms with E-state index in [1.165, 1.54) is 12.1 Å². The van der Waals surface area contributed by atoms with E-state index in [1.54, 1.807) is 6.92 Å².